The van der Waals surface area contributed by atoms with Gasteiger partial charge in [-0.3, -0.25) is 4.79 Å². The molecule has 3 nitrogen and oxygen atoms in total. The lowest BCUT2D eigenvalue weighted by Crippen LogP contribution is -2.35. The number of nitrogens with two attached hydrogens (primary N) is 1. The number of aryl methyl sites for hydroxylation is 1. The van der Waals surface area contributed by atoms with Crippen molar-refractivity contribution in [2.45, 2.75) is 25.8 Å². The molecule has 1 aromatic carbocycles. The van der Waals surface area contributed by atoms with E-state index in [1.165, 1.54) is 25.0 Å². The van der Waals surface area contributed by atoms with E-state index >= 15 is 0 Å². The summed E-state index contributed by atoms with van der Waals surface area (Å²) in [6.45, 7) is 2.62. The van der Waals surface area contributed by atoms with E-state index < -0.39 is 11.9 Å². The fourth-order valence-corrected chi connectivity index (χ4v) is 1.89. The zero-order valence-electron chi connectivity index (χ0n) is 9.87. The number of rotatable bonds is 5. The van der Waals surface area contributed by atoms with Gasteiger partial charge < -0.3 is 11.1 Å². The van der Waals surface area contributed by atoms with Gasteiger partial charge in [-0.2, -0.15) is 0 Å². The predicted octanol–water partition coefficient (Wildman–Crippen LogP) is 1.66. The summed E-state index contributed by atoms with van der Waals surface area (Å²) in [5.41, 5.74) is 6.88. The van der Waals surface area contributed by atoms with Gasteiger partial charge in [0.2, 0.25) is 5.91 Å². The number of nitrogens with one attached hydrogen (secondary N) is 1. The Morgan fingerprint density at radius 3 is 2.88 bits per heavy atom. The van der Waals surface area contributed by atoms with Gasteiger partial charge in [-0.05, 0) is 55.5 Å². The fourth-order valence-electron chi connectivity index (χ4n) is 1.89. The maximum absolute atomic E-state index is 13.2. The van der Waals surface area contributed by atoms with Crippen LogP contribution in [0, 0.1) is 18.7 Å². The van der Waals surface area contributed by atoms with Crippen molar-refractivity contribution in [3.05, 3.63) is 35.1 Å². The minimum absolute atomic E-state index is 0.343. The van der Waals surface area contributed by atoms with E-state index in [2.05, 4.69) is 5.32 Å². The first-order chi connectivity index (χ1) is 8.08. The quantitative estimate of drug-likeness (QED) is 0.817. The molecule has 0 spiro atoms. The van der Waals surface area contributed by atoms with Crippen LogP contribution in [0.3, 0.4) is 0 Å². The zero-order valence-corrected chi connectivity index (χ0v) is 9.87. The summed E-state index contributed by atoms with van der Waals surface area (Å²) in [5.74, 6) is -0.157. The molecule has 0 radical (unpaired) electrons. The zero-order chi connectivity index (χ0) is 12.4. The molecule has 1 aliphatic carbocycles. The molecular weight excluding hydrogens is 219 g/mol. The Bertz CT molecular complexity index is 429. The number of carbonyl (C=O) groups is 1. The molecule has 4 heteroatoms. The highest BCUT2D eigenvalue weighted by Crippen LogP contribution is 2.29. The van der Waals surface area contributed by atoms with E-state index in [1.54, 1.807) is 6.07 Å². The van der Waals surface area contributed by atoms with Gasteiger partial charge in [-0.15, -0.1) is 0 Å². The van der Waals surface area contributed by atoms with Crippen LogP contribution < -0.4 is 11.1 Å². The molecule has 3 N–H and O–H groups in total. The molecule has 1 aromatic rings. The number of amides is 1. The molecule has 1 atom stereocenters. The largest absolute Gasteiger partial charge is 0.368 e. The van der Waals surface area contributed by atoms with Crippen molar-refractivity contribution >= 4 is 5.91 Å². The molecule has 0 aliphatic heterocycles. The van der Waals surface area contributed by atoms with Gasteiger partial charge in [0.05, 0.1) is 0 Å². The Labute approximate surface area is 100 Å². The molecule has 1 saturated carbocycles. The highest BCUT2D eigenvalue weighted by Gasteiger charge is 2.25. The van der Waals surface area contributed by atoms with Crippen LogP contribution in [0.5, 0.6) is 0 Å². The van der Waals surface area contributed by atoms with Crippen LogP contribution in [0.25, 0.3) is 0 Å². The molecule has 1 unspecified atom stereocenters. The summed E-state index contributed by atoms with van der Waals surface area (Å²) >= 11 is 0. The molecule has 92 valence electrons. The topological polar surface area (TPSA) is 55.1 Å². The summed E-state index contributed by atoms with van der Waals surface area (Å²) in [4.78, 5) is 11.4. The van der Waals surface area contributed by atoms with Crippen LogP contribution in [0.15, 0.2) is 18.2 Å². The first kappa shape index (κ1) is 12.0. The number of hydrogen-bond acceptors (Lipinski definition) is 2. The van der Waals surface area contributed by atoms with Crippen molar-refractivity contribution in [1.29, 1.82) is 0 Å². The van der Waals surface area contributed by atoms with E-state index in [-0.39, 0.29) is 5.82 Å². The number of benzene rings is 1. The van der Waals surface area contributed by atoms with E-state index in [0.29, 0.717) is 11.5 Å². The Morgan fingerprint density at radius 1 is 1.59 bits per heavy atom. The van der Waals surface area contributed by atoms with Gasteiger partial charge in [0.15, 0.2) is 0 Å². The Kier molecular flexibility index (Phi) is 3.43. The van der Waals surface area contributed by atoms with Gasteiger partial charge in [0, 0.05) is 0 Å². The van der Waals surface area contributed by atoms with Crippen molar-refractivity contribution < 1.29 is 9.18 Å². The lowest BCUT2D eigenvalue weighted by atomic mass is 10.0. The van der Waals surface area contributed by atoms with Crippen LogP contribution >= 0.6 is 0 Å². The molecule has 17 heavy (non-hydrogen) atoms. The molecule has 0 saturated heterocycles. The van der Waals surface area contributed by atoms with Crippen LogP contribution in [-0.4, -0.2) is 12.5 Å². The van der Waals surface area contributed by atoms with E-state index in [4.69, 9.17) is 5.73 Å². The maximum atomic E-state index is 13.2. The van der Waals surface area contributed by atoms with Crippen LogP contribution in [-0.2, 0) is 4.79 Å². The first-order valence-corrected chi connectivity index (χ1v) is 5.86. The normalized spacial score (nSPS) is 16.8. The second kappa shape index (κ2) is 4.84. The monoisotopic (exact) mass is 236 g/mol. The van der Waals surface area contributed by atoms with Gasteiger partial charge >= 0.3 is 0 Å². The predicted molar refractivity (Wildman–Crippen MR) is 63.8 cm³/mol. The highest BCUT2D eigenvalue weighted by atomic mass is 19.1. The average Bonchev–Trinajstić information content (AvgIpc) is 3.06. The molecular formula is C13H17FN2O. The highest BCUT2D eigenvalue weighted by molar-refractivity contribution is 5.81. The molecule has 0 heterocycles. The van der Waals surface area contributed by atoms with Gasteiger partial charge in [-0.1, -0.05) is 6.07 Å². The third-order valence-corrected chi connectivity index (χ3v) is 3.14. The molecule has 1 aliphatic rings. The SMILES string of the molecule is Cc1ccc(F)cc1C(NCC1CC1)C(N)=O. The van der Waals surface area contributed by atoms with Gasteiger partial charge in [0.1, 0.15) is 11.9 Å². The van der Waals surface area contributed by atoms with Crippen LogP contribution in [0.1, 0.15) is 30.0 Å². The summed E-state index contributed by atoms with van der Waals surface area (Å²) in [5, 5.41) is 3.12. The van der Waals surface area contributed by atoms with Crippen molar-refractivity contribution in [3.8, 4) is 0 Å². The number of halogens is 1. The van der Waals surface area contributed by atoms with Crippen molar-refractivity contribution in [2.24, 2.45) is 11.7 Å². The standard InChI is InChI=1S/C13H17FN2O/c1-8-2-5-10(14)6-11(8)12(13(15)17)16-7-9-3-4-9/h2,5-6,9,12,16H,3-4,7H2,1H3,(H2,15,17). The molecule has 1 amide bonds. The molecule has 0 aromatic heterocycles. The smallest absolute Gasteiger partial charge is 0.239 e. The van der Waals surface area contributed by atoms with Gasteiger partial charge in [0.25, 0.3) is 0 Å². The Hall–Kier alpha value is -1.42. The molecule has 2 rings (SSSR count). The summed E-state index contributed by atoms with van der Waals surface area (Å²) < 4.78 is 13.2. The Balaban J connectivity index is 2.17. The van der Waals surface area contributed by atoms with Crippen molar-refractivity contribution in [2.75, 3.05) is 6.54 Å². The maximum Gasteiger partial charge on any atom is 0.239 e. The second-order valence-electron chi connectivity index (χ2n) is 4.69. The summed E-state index contributed by atoms with van der Waals surface area (Å²) in [7, 11) is 0. The third-order valence-electron chi connectivity index (χ3n) is 3.14. The van der Waals surface area contributed by atoms with E-state index in [1.807, 2.05) is 6.92 Å². The second-order valence-corrected chi connectivity index (χ2v) is 4.69. The Morgan fingerprint density at radius 2 is 2.29 bits per heavy atom. The lowest BCUT2D eigenvalue weighted by molar-refractivity contribution is -0.120. The van der Waals surface area contributed by atoms with Crippen LogP contribution in [0.2, 0.25) is 0 Å². The number of primary amides is 1. The minimum atomic E-state index is -0.591. The van der Waals surface area contributed by atoms with Crippen molar-refractivity contribution in [1.82, 2.24) is 5.32 Å². The van der Waals surface area contributed by atoms with E-state index in [0.717, 1.165) is 12.1 Å². The van der Waals surface area contributed by atoms with Gasteiger partial charge in [-0.25, -0.2) is 4.39 Å². The summed E-state index contributed by atoms with van der Waals surface area (Å²) in [6, 6.07) is 3.84. The lowest BCUT2D eigenvalue weighted by Gasteiger charge is -2.17. The van der Waals surface area contributed by atoms with Crippen molar-refractivity contribution in [3.63, 3.8) is 0 Å². The summed E-state index contributed by atoms with van der Waals surface area (Å²) in [6.07, 6.45) is 2.39. The average molecular weight is 236 g/mol. The fraction of sp³-hybridized carbons (Fsp3) is 0.462. The first-order valence-electron chi connectivity index (χ1n) is 5.86. The minimum Gasteiger partial charge on any atom is -0.368 e. The van der Waals surface area contributed by atoms with E-state index in [9.17, 15) is 9.18 Å². The van der Waals surface area contributed by atoms with Crippen LogP contribution in [0.4, 0.5) is 4.39 Å². The number of carbonyl (C=O) groups excluding carboxylic acids is 1. The molecule has 0 bridgehead atoms. The molecule has 1 fully saturated rings. The third kappa shape index (κ3) is 3.03. The number of hydrogen-bond donors (Lipinski definition) is 2.